The van der Waals surface area contributed by atoms with Gasteiger partial charge in [0.05, 0.1) is 0 Å². The van der Waals surface area contributed by atoms with Crippen molar-refractivity contribution < 1.29 is 9.53 Å². The van der Waals surface area contributed by atoms with Crippen LogP contribution in [0.2, 0.25) is 0 Å². The highest BCUT2D eigenvalue weighted by molar-refractivity contribution is 5.80. The first kappa shape index (κ1) is 24.4. The molecule has 1 saturated heterocycles. The van der Waals surface area contributed by atoms with Gasteiger partial charge in [-0.05, 0) is 56.2 Å². The first-order valence-corrected chi connectivity index (χ1v) is 12.3. The van der Waals surface area contributed by atoms with Crippen molar-refractivity contribution >= 4 is 11.9 Å². The normalized spacial score (nSPS) is 18.9. The van der Waals surface area contributed by atoms with E-state index in [1.807, 2.05) is 38.2 Å². The largest absolute Gasteiger partial charge is 0.484 e. The van der Waals surface area contributed by atoms with Gasteiger partial charge in [-0.15, -0.1) is 0 Å². The quantitative estimate of drug-likeness (QED) is 0.404. The number of likely N-dealkylation sites (tertiary alicyclic amines) is 1. The number of carbonyl (C=O) groups excluding carboxylic acids is 1. The van der Waals surface area contributed by atoms with Crippen LogP contribution >= 0.6 is 0 Å². The van der Waals surface area contributed by atoms with E-state index in [2.05, 4.69) is 25.8 Å². The summed E-state index contributed by atoms with van der Waals surface area (Å²) < 4.78 is 5.59. The van der Waals surface area contributed by atoms with E-state index in [4.69, 9.17) is 4.74 Å². The standard InChI is InChI=1S/C25H41N5O2/c1-3-27-24(31)19-32-23-11-7-10-21(16-23)17-28-25(26-2)29-22-12-14-30(15-13-22)18-20-8-5-4-6-9-20/h7,10-11,16,20,22H,3-6,8-9,12-15,17-19H2,1-2H3,(H,27,31)(H2,26,28,29). The summed E-state index contributed by atoms with van der Waals surface area (Å²) in [6.45, 7) is 6.83. The Bertz CT molecular complexity index is 725. The Hall–Kier alpha value is -2.28. The highest BCUT2D eigenvalue weighted by Crippen LogP contribution is 2.25. The van der Waals surface area contributed by atoms with Crippen molar-refractivity contribution in [2.45, 2.75) is 64.5 Å². The van der Waals surface area contributed by atoms with Crippen LogP contribution in [-0.4, -0.2) is 62.6 Å². The van der Waals surface area contributed by atoms with Crippen molar-refractivity contribution in [2.24, 2.45) is 10.9 Å². The third-order valence-electron chi connectivity index (χ3n) is 6.50. The molecule has 2 aliphatic rings. The lowest BCUT2D eigenvalue weighted by atomic mass is 9.88. The summed E-state index contributed by atoms with van der Waals surface area (Å²) in [5, 5.41) is 9.75. The van der Waals surface area contributed by atoms with Gasteiger partial charge in [0.1, 0.15) is 5.75 Å². The number of amides is 1. The summed E-state index contributed by atoms with van der Waals surface area (Å²) in [5.74, 6) is 2.35. The van der Waals surface area contributed by atoms with Gasteiger partial charge in [0.25, 0.3) is 5.91 Å². The highest BCUT2D eigenvalue weighted by Gasteiger charge is 2.23. The van der Waals surface area contributed by atoms with Crippen molar-refractivity contribution in [2.75, 3.05) is 39.8 Å². The summed E-state index contributed by atoms with van der Waals surface area (Å²) in [7, 11) is 1.82. The van der Waals surface area contributed by atoms with Crippen LogP contribution in [0, 0.1) is 5.92 Å². The number of ether oxygens (including phenoxy) is 1. The molecule has 3 N–H and O–H groups in total. The molecule has 1 aliphatic heterocycles. The minimum atomic E-state index is -0.106. The molecule has 178 valence electrons. The van der Waals surface area contributed by atoms with Crippen LogP contribution < -0.4 is 20.7 Å². The average molecular weight is 444 g/mol. The number of carbonyl (C=O) groups is 1. The summed E-state index contributed by atoms with van der Waals surface area (Å²) in [4.78, 5) is 18.7. The van der Waals surface area contributed by atoms with Gasteiger partial charge in [-0.3, -0.25) is 9.79 Å². The minimum absolute atomic E-state index is 0.0351. The molecule has 32 heavy (non-hydrogen) atoms. The number of nitrogens with one attached hydrogen (secondary N) is 3. The minimum Gasteiger partial charge on any atom is -0.484 e. The summed E-state index contributed by atoms with van der Waals surface area (Å²) in [6.07, 6.45) is 9.46. The zero-order valence-corrected chi connectivity index (χ0v) is 19.9. The fourth-order valence-electron chi connectivity index (χ4n) is 4.71. The predicted octanol–water partition coefficient (Wildman–Crippen LogP) is 2.91. The van der Waals surface area contributed by atoms with Gasteiger partial charge in [0.2, 0.25) is 0 Å². The SMILES string of the molecule is CCNC(=O)COc1cccc(CNC(=NC)NC2CCN(CC3CCCCC3)CC2)c1. The molecule has 0 unspecified atom stereocenters. The van der Waals surface area contributed by atoms with Crippen molar-refractivity contribution in [1.82, 2.24) is 20.9 Å². The summed E-state index contributed by atoms with van der Waals surface area (Å²) in [5.41, 5.74) is 1.09. The molecule has 0 aromatic heterocycles. The Kier molecular flexibility index (Phi) is 10.1. The summed E-state index contributed by atoms with van der Waals surface area (Å²) >= 11 is 0. The van der Waals surface area contributed by atoms with Crippen LogP contribution in [0.3, 0.4) is 0 Å². The molecule has 0 spiro atoms. The molecule has 1 heterocycles. The van der Waals surface area contributed by atoms with Gasteiger partial charge in [-0.2, -0.15) is 0 Å². The first-order valence-electron chi connectivity index (χ1n) is 12.3. The monoisotopic (exact) mass is 443 g/mol. The molecule has 7 heteroatoms. The van der Waals surface area contributed by atoms with Crippen LogP contribution in [0.1, 0.15) is 57.4 Å². The first-order chi connectivity index (χ1) is 15.7. The third-order valence-corrected chi connectivity index (χ3v) is 6.50. The molecule has 1 aromatic carbocycles. The molecule has 3 rings (SSSR count). The van der Waals surface area contributed by atoms with Crippen LogP contribution in [0.5, 0.6) is 5.75 Å². The zero-order chi connectivity index (χ0) is 22.6. The van der Waals surface area contributed by atoms with Gasteiger partial charge in [0.15, 0.2) is 12.6 Å². The second kappa shape index (κ2) is 13.3. The maximum atomic E-state index is 11.6. The smallest absolute Gasteiger partial charge is 0.257 e. The van der Waals surface area contributed by atoms with Crippen LogP contribution in [0.4, 0.5) is 0 Å². The van der Waals surface area contributed by atoms with Crippen LogP contribution in [0.25, 0.3) is 0 Å². The lowest BCUT2D eigenvalue weighted by Gasteiger charge is -2.36. The number of hydrogen-bond donors (Lipinski definition) is 3. The Labute approximate surface area is 193 Å². The van der Waals surface area contributed by atoms with Gasteiger partial charge >= 0.3 is 0 Å². The lowest BCUT2D eigenvalue weighted by Crippen LogP contribution is -2.49. The second-order valence-corrected chi connectivity index (χ2v) is 9.04. The fraction of sp³-hybridized carbons (Fsp3) is 0.680. The Morgan fingerprint density at radius 1 is 1.12 bits per heavy atom. The molecule has 1 aliphatic carbocycles. The van der Waals surface area contributed by atoms with Crippen LogP contribution in [0.15, 0.2) is 29.3 Å². The molecular formula is C25H41N5O2. The van der Waals surface area contributed by atoms with Gasteiger partial charge in [-0.1, -0.05) is 31.4 Å². The van der Waals surface area contributed by atoms with Crippen molar-refractivity contribution in [3.63, 3.8) is 0 Å². The van der Waals surface area contributed by atoms with Gasteiger partial charge in [0, 0.05) is 45.8 Å². The Morgan fingerprint density at radius 3 is 2.62 bits per heavy atom. The Morgan fingerprint density at radius 2 is 1.91 bits per heavy atom. The van der Waals surface area contributed by atoms with Crippen molar-refractivity contribution in [1.29, 1.82) is 0 Å². The van der Waals surface area contributed by atoms with E-state index in [0.717, 1.165) is 30.3 Å². The molecule has 1 aromatic rings. The molecule has 0 radical (unpaired) electrons. The van der Waals surface area contributed by atoms with Gasteiger partial charge in [-0.25, -0.2) is 0 Å². The van der Waals surface area contributed by atoms with E-state index in [0.29, 0.717) is 24.9 Å². The average Bonchev–Trinajstić information content (AvgIpc) is 2.83. The number of aliphatic imine (C=N–C) groups is 1. The van der Waals surface area contributed by atoms with Gasteiger partial charge < -0.3 is 25.6 Å². The van der Waals surface area contributed by atoms with Crippen molar-refractivity contribution in [3.05, 3.63) is 29.8 Å². The second-order valence-electron chi connectivity index (χ2n) is 9.04. The molecule has 1 saturated carbocycles. The fourth-order valence-corrected chi connectivity index (χ4v) is 4.71. The highest BCUT2D eigenvalue weighted by atomic mass is 16.5. The molecular weight excluding hydrogens is 402 g/mol. The number of rotatable bonds is 9. The van der Waals surface area contributed by atoms with Crippen LogP contribution in [-0.2, 0) is 11.3 Å². The predicted molar refractivity (Wildman–Crippen MR) is 130 cm³/mol. The molecule has 2 fully saturated rings. The number of likely N-dealkylation sites (N-methyl/N-ethyl adjacent to an activating group) is 1. The number of piperidine rings is 1. The maximum absolute atomic E-state index is 11.6. The molecule has 0 atom stereocenters. The number of nitrogens with zero attached hydrogens (tertiary/aromatic N) is 2. The molecule has 0 bridgehead atoms. The number of hydrogen-bond acceptors (Lipinski definition) is 4. The third kappa shape index (κ3) is 8.34. The molecule has 1 amide bonds. The van der Waals surface area contributed by atoms with E-state index < -0.39 is 0 Å². The van der Waals surface area contributed by atoms with E-state index in [1.54, 1.807) is 0 Å². The van der Waals surface area contributed by atoms with Crippen molar-refractivity contribution in [3.8, 4) is 5.75 Å². The van der Waals surface area contributed by atoms with E-state index >= 15 is 0 Å². The van der Waals surface area contributed by atoms with E-state index in [-0.39, 0.29) is 12.5 Å². The number of benzene rings is 1. The van der Waals surface area contributed by atoms with E-state index in [9.17, 15) is 4.79 Å². The molecule has 7 nitrogen and oxygen atoms in total. The lowest BCUT2D eigenvalue weighted by molar-refractivity contribution is -0.122. The topological polar surface area (TPSA) is 78.0 Å². The van der Waals surface area contributed by atoms with E-state index in [1.165, 1.54) is 51.7 Å². The maximum Gasteiger partial charge on any atom is 0.257 e. The summed E-state index contributed by atoms with van der Waals surface area (Å²) in [6, 6.07) is 8.29. The number of guanidine groups is 1. The Balaban J connectivity index is 1.38. The zero-order valence-electron chi connectivity index (χ0n) is 19.9.